The SMILES string of the molecule is COc1ccc(O)cc1S(=O)(=O)N1CCOCC1. The Kier molecular flexibility index (Phi) is 3.74. The first-order chi connectivity index (χ1) is 8.55. The smallest absolute Gasteiger partial charge is 0.247 e. The van der Waals surface area contributed by atoms with Crippen LogP contribution >= 0.6 is 0 Å². The van der Waals surface area contributed by atoms with Crippen LogP contribution in [0.1, 0.15) is 0 Å². The van der Waals surface area contributed by atoms with Gasteiger partial charge >= 0.3 is 0 Å². The molecule has 1 N–H and O–H groups in total. The number of rotatable bonds is 3. The molecule has 1 aliphatic rings. The van der Waals surface area contributed by atoms with Gasteiger partial charge in [-0.3, -0.25) is 0 Å². The highest BCUT2D eigenvalue weighted by molar-refractivity contribution is 7.89. The lowest BCUT2D eigenvalue weighted by Gasteiger charge is -2.26. The molecule has 0 unspecified atom stereocenters. The van der Waals surface area contributed by atoms with E-state index in [9.17, 15) is 13.5 Å². The molecule has 1 aromatic carbocycles. The van der Waals surface area contributed by atoms with Crippen molar-refractivity contribution in [3.8, 4) is 11.5 Å². The molecule has 0 aliphatic carbocycles. The fourth-order valence-corrected chi connectivity index (χ4v) is 3.38. The number of benzene rings is 1. The van der Waals surface area contributed by atoms with Crippen LogP contribution < -0.4 is 4.74 Å². The van der Waals surface area contributed by atoms with Crippen molar-refractivity contribution >= 4 is 10.0 Å². The third-order valence-corrected chi connectivity index (χ3v) is 4.65. The Morgan fingerprint density at radius 3 is 2.61 bits per heavy atom. The summed E-state index contributed by atoms with van der Waals surface area (Å²) in [5.74, 6) is 0.113. The maximum atomic E-state index is 12.4. The van der Waals surface area contributed by atoms with Crippen LogP contribution in [0.2, 0.25) is 0 Å². The third kappa shape index (κ3) is 2.43. The van der Waals surface area contributed by atoms with Gasteiger partial charge in [-0.2, -0.15) is 4.31 Å². The first-order valence-corrected chi connectivity index (χ1v) is 6.94. The number of nitrogens with zero attached hydrogens (tertiary/aromatic N) is 1. The first kappa shape index (κ1) is 13.1. The summed E-state index contributed by atoms with van der Waals surface area (Å²) in [6.07, 6.45) is 0. The third-order valence-electron chi connectivity index (χ3n) is 2.74. The topological polar surface area (TPSA) is 76.1 Å². The number of sulfonamides is 1. The highest BCUT2D eigenvalue weighted by atomic mass is 32.2. The van der Waals surface area contributed by atoms with Gasteiger partial charge in [-0.15, -0.1) is 0 Å². The molecular formula is C11H15NO5S. The maximum Gasteiger partial charge on any atom is 0.247 e. The quantitative estimate of drug-likeness (QED) is 0.864. The van der Waals surface area contributed by atoms with Crippen LogP contribution in [0.25, 0.3) is 0 Å². The monoisotopic (exact) mass is 273 g/mol. The van der Waals surface area contributed by atoms with E-state index in [0.29, 0.717) is 26.3 Å². The molecule has 0 spiro atoms. The van der Waals surface area contributed by atoms with Crippen LogP contribution in [0.5, 0.6) is 11.5 Å². The molecule has 7 heteroatoms. The van der Waals surface area contributed by atoms with Gasteiger partial charge in [-0.25, -0.2) is 8.42 Å². The van der Waals surface area contributed by atoms with Crippen molar-refractivity contribution in [2.24, 2.45) is 0 Å². The molecule has 1 aromatic rings. The highest BCUT2D eigenvalue weighted by Gasteiger charge is 2.29. The van der Waals surface area contributed by atoms with E-state index in [1.165, 1.54) is 29.6 Å². The van der Waals surface area contributed by atoms with Crippen molar-refractivity contribution in [1.82, 2.24) is 4.31 Å². The van der Waals surface area contributed by atoms with E-state index in [1.807, 2.05) is 0 Å². The second-order valence-electron chi connectivity index (χ2n) is 3.85. The lowest BCUT2D eigenvalue weighted by molar-refractivity contribution is 0.0729. The van der Waals surface area contributed by atoms with Crippen LogP contribution in [0.3, 0.4) is 0 Å². The second kappa shape index (κ2) is 5.13. The standard InChI is InChI=1S/C11H15NO5S/c1-16-10-3-2-9(13)8-11(10)18(14,15)12-4-6-17-7-5-12/h2-3,8,13H,4-7H2,1H3. The Bertz CT molecular complexity index is 522. The molecule has 0 saturated carbocycles. The zero-order valence-electron chi connectivity index (χ0n) is 10.00. The lowest BCUT2D eigenvalue weighted by atomic mass is 10.3. The number of phenols is 1. The number of phenolic OH excluding ortho intramolecular Hbond substituents is 1. The molecule has 6 nitrogen and oxygen atoms in total. The molecule has 0 atom stereocenters. The fourth-order valence-electron chi connectivity index (χ4n) is 1.79. The molecule has 100 valence electrons. The van der Waals surface area contributed by atoms with E-state index in [0.717, 1.165) is 0 Å². The van der Waals surface area contributed by atoms with Gasteiger partial charge in [-0.1, -0.05) is 0 Å². The van der Waals surface area contributed by atoms with Gasteiger partial charge in [0.15, 0.2) is 0 Å². The summed E-state index contributed by atoms with van der Waals surface area (Å²) < 4.78 is 36.3. The number of methoxy groups -OCH3 is 1. The Labute approximate surface area is 106 Å². The predicted molar refractivity (Wildman–Crippen MR) is 64.2 cm³/mol. The van der Waals surface area contributed by atoms with Crippen LogP contribution in [-0.2, 0) is 14.8 Å². The van der Waals surface area contributed by atoms with Crippen LogP contribution in [-0.4, -0.2) is 51.2 Å². The normalized spacial score (nSPS) is 17.6. The molecule has 0 bridgehead atoms. The molecule has 1 saturated heterocycles. The molecule has 1 heterocycles. The molecule has 0 aromatic heterocycles. The van der Waals surface area contributed by atoms with Crippen LogP contribution in [0.15, 0.2) is 23.1 Å². The van der Waals surface area contributed by atoms with E-state index in [-0.39, 0.29) is 16.4 Å². The first-order valence-electron chi connectivity index (χ1n) is 5.50. The largest absolute Gasteiger partial charge is 0.508 e. The van der Waals surface area contributed by atoms with Crippen molar-refractivity contribution < 1.29 is 23.0 Å². The minimum absolute atomic E-state index is 0.0214. The number of ether oxygens (including phenoxy) is 2. The van der Waals surface area contributed by atoms with E-state index < -0.39 is 10.0 Å². The van der Waals surface area contributed by atoms with E-state index in [2.05, 4.69) is 0 Å². The summed E-state index contributed by atoms with van der Waals surface area (Å²) in [5, 5.41) is 9.43. The van der Waals surface area contributed by atoms with Gasteiger partial charge < -0.3 is 14.6 Å². The summed E-state index contributed by atoms with van der Waals surface area (Å²) in [7, 11) is -2.27. The van der Waals surface area contributed by atoms with Crippen molar-refractivity contribution in [2.45, 2.75) is 4.90 Å². The molecular weight excluding hydrogens is 258 g/mol. The number of hydrogen-bond acceptors (Lipinski definition) is 5. The molecule has 0 amide bonds. The average molecular weight is 273 g/mol. The predicted octanol–water partition coefficient (Wildman–Crippen LogP) is 0.422. The molecule has 2 rings (SSSR count). The van der Waals surface area contributed by atoms with E-state index in [1.54, 1.807) is 0 Å². The van der Waals surface area contributed by atoms with Gasteiger partial charge in [0.05, 0.1) is 20.3 Å². The average Bonchev–Trinajstić information content (AvgIpc) is 2.39. The Morgan fingerprint density at radius 1 is 1.33 bits per heavy atom. The van der Waals surface area contributed by atoms with Gasteiger partial charge in [0.2, 0.25) is 10.0 Å². The Balaban J connectivity index is 2.42. The zero-order valence-corrected chi connectivity index (χ0v) is 10.8. The summed E-state index contributed by atoms with van der Waals surface area (Å²) in [4.78, 5) is -0.0214. The molecule has 18 heavy (non-hydrogen) atoms. The number of morpholine rings is 1. The molecule has 0 radical (unpaired) electrons. The van der Waals surface area contributed by atoms with Crippen molar-refractivity contribution in [3.05, 3.63) is 18.2 Å². The van der Waals surface area contributed by atoms with Gasteiger partial charge in [0, 0.05) is 19.2 Å². The molecule has 1 aliphatic heterocycles. The minimum atomic E-state index is -3.66. The van der Waals surface area contributed by atoms with Crippen molar-refractivity contribution in [2.75, 3.05) is 33.4 Å². The highest BCUT2D eigenvalue weighted by Crippen LogP contribution is 2.30. The van der Waals surface area contributed by atoms with E-state index >= 15 is 0 Å². The Morgan fingerprint density at radius 2 is 2.00 bits per heavy atom. The van der Waals surface area contributed by atoms with Crippen molar-refractivity contribution in [3.63, 3.8) is 0 Å². The minimum Gasteiger partial charge on any atom is -0.508 e. The fraction of sp³-hybridized carbons (Fsp3) is 0.455. The van der Waals surface area contributed by atoms with Crippen molar-refractivity contribution in [1.29, 1.82) is 0 Å². The summed E-state index contributed by atoms with van der Waals surface area (Å²) in [6, 6.07) is 4.02. The van der Waals surface area contributed by atoms with Gasteiger partial charge in [-0.05, 0) is 12.1 Å². The summed E-state index contributed by atoms with van der Waals surface area (Å²) in [5.41, 5.74) is 0. The zero-order chi connectivity index (χ0) is 13.2. The molecule has 1 fully saturated rings. The van der Waals surface area contributed by atoms with E-state index in [4.69, 9.17) is 9.47 Å². The number of hydrogen-bond donors (Lipinski definition) is 1. The Hall–Kier alpha value is -1.31. The van der Waals surface area contributed by atoms with Gasteiger partial charge in [0.25, 0.3) is 0 Å². The lowest BCUT2D eigenvalue weighted by Crippen LogP contribution is -2.40. The van der Waals surface area contributed by atoms with Gasteiger partial charge in [0.1, 0.15) is 16.4 Å². The number of aromatic hydroxyl groups is 1. The summed E-state index contributed by atoms with van der Waals surface area (Å²) >= 11 is 0. The maximum absolute atomic E-state index is 12.4. The second-order valence-corrected chi connectivity index (χ2v) is 5.76. The van der Waals surface area contributed by atoms with Crippen LogP contribution in [0.4, 0.5) is 0 Å². The van der Waals surface area contributed by atoms with Crippen LogP contribution in [0, 0.1) is 0 Å². The summed E-state index contributed by atoms with van der Waals surface area (Å²) in [6.45, 7) is 1.36.